The van der Waals surface area contributed by atoms with Crippen LogP contribution in [0.25, 0.3) is 0 Å². The number of carbonyl (C=O) groups is 1. The number of fused-ring (bicyclic) bond motifs is 1. The molecule has 18 heavy (non-hydrogen) atoms. The van der Waals surface area contributed by atoms with Gasteiger partial charge in [0.1, 0.15) is 0 Å². The van der Waals surface area contributed by atoms with Crippen molar-refractivity contribution in [3.05, 3.63) is 28.8 Å². The molecule has 0 bridgehead atoms. The van der Waals surface area contributed by atoms with Crippen LogP contribution in [0, 0.1) is 12.8 Å². The fraction of sp³-hybridized carbons (Fsp3) is 0.533. The van der Waals surface area contributed by atoms with Crippen molar-refractivity contribution in [3.8, 4) is 0 Å². The van der Waals surface area contributed by atoms with Gasteiger partial charge in [-0.15, -0.1) is 0 Å². The van der Waals surface area contributed by atoms with E-state index in [2.05, 4.69) is 26.8 Å². The smallest absolute Gasteiger partial charge is 0.411 e. The Morgan fingerprint density at radius 3 is 2.61 bits per heavy atom. The summed E-state index contributed by atoms with van der Waals surface area (Å²) in [6.07, 6.45) is 0.0561. The van der Waals surface area contributed by atoms with Crippen molar-refractivity contribution >= 4 is 11.8 Å². The van der Waals surface area contributed by atoms with Crippen molar-refractivity contribution < 1.29 is 9.90 Å². The number of carboxylic acid groups (broad SMARTS) is 1. The van der Waals surface area contributed by atoms with E-state index < -0.39 is 6.09 Å². The zero-order valence-electron chi connectivity index (χ0n) is 11.7. The Morgan fingerprint density at radius 2 is 2.06 bits per heavy atom. The van der Waals surface area contributed by atoms with Gasteiger partial charge in [-0.05, 0) is 41.4 Å². The molecule has 0 spiro atoms. The molecular weight excluding hydrogens is 226 g/mol. The van der Waals surface area contributed by atoms with Gasteiger partial charge >= 0.3 is 6.09 Å². The Labute approximate surface area is 108 Å². The van der Waals surface area contributed by atoms with Crippen LogP contribution in [0.15, 0.2) is 12.1 Å². The second kappa shape index (κ2) is 4.01. The first kappa shape index (κ1) is 12.9. The van der Waals surface area contributed by atoms with Crippen molar-refractivity contribution in [1.82, 2.24) is 0 Å². The lowest BCUT2D eigenvalue weighted by Crippen LogP contribution is -2.26. The zero-order valence-corrected chi connectivity index (χ0v) is 11.7. The molecule has 2 rings (SSSR count). The van der Waals surface area contributed by atoms with Crippen LogP contribution in [0.5, 0.6) is 0 Å². The van der Waals surface area contributed by atoms with E-state index in [9.17, 15) is 9.90 Å². The third-order valence-corrected chi connectivity index (χ3v) is 4.54. The largest absolute Gasteiger partial charge is 0.465 e. The molecule has 0 saturated carbocycles. The molecule has 0 aliphatic heterocycles. The molecule has 1 aromatic rings. The van der Waals surface area contributed by atoms with E-state index in [0.717, 1.165) is 17.7 Å². The summed E-state index contributed by atoms with van der Waals surface area (Å²) < 4.78 is 0. The summed E-state index contributed by atoms with van der Waals surface area (Å²) in [4.78, 5) is 12.6. The molecule has 0 aromatic heterocycles. The molecule has 0 radical (unpaired) electrons. The fourth-order valence-electron chi connectivity index (χ4n) is 2.95. The predicted octanol–water partition coefficient (Wildman–Crippen LogP) is 3.58. The SMILES string of the molecule is Cc1ccc2c(c1N(C)C(=O)O)CC(C)C2(C)C. The highest BCUT2D eigenvalue weighted by molar-refractivity contribution is 5.88. The Morgan fingerprint density at radius 1 is 1.44 bits per heavy atom. The molecule has 1 atom stereocenters. The monoisotopic (exact) mass is 247 g/mol. The first-order valence-electron chi connectivity index (χ1n) is 6.36. The van der Waals surface area contributed by atoms with E-state index in [-0.39, 0.29) is 5.41 Å². The molecule has 3 nitrogen and oxygen atoms in total. The van der Waals surface area contributed by atoms with Gasteiger partial charge in [0, 0.05) is 7.05 Å². The van der Waals surface area contributed by atoms with Crippen LogP contribution < -0.4 is 4.90 Å². The van der Waals surface area contributed by atoms with Gasteiger partial charge in [0.15, 0.2) is 0 Å². The number of nitrogens with zero attached hydrogens (tertiary/aromatic N) is 1. The second-order valence-corrected chi connectivity index (χ2v) is 5.93. The Balaban J connectivity index is 2.64. The van der Waals surface area contributed by atoms with Gasteiger partial charge in [0.05, 0.1) is 5.69 Å². The first-order valence-corrected chi connectivity index (χ1v) is 6.36. The predicted molar refractivity (Wildman–Crippen MR) is 73.5 cm³/mol. The molecule has 1 aliphatic rings. The molecular formula is C15H21NO2. The average Bonchev–Trinajstić information content (AvgIpc) is 2.49. The molecule has 98 valence electrons. The molecule has 0 fully saturated rings. The minimum atomic E-state index is -0.899. The number of anilines is 1. The minimum absolute atomic E-state index is 0.122. The fourth-order valence-corrected chi connectivity index (χ4v) is 2.95. The van der Waals surface area contributed by atoms with Crippen LogP contribution in [-0.2, 0) is 11.8 Å². The molecule has 1 aliphatic carbocycles. The molecule has 1 unspecified atom stereocenters. The van der Waals surface area contributed by atoms with Gasteiger partial charge in [-0.3, -0.25) is 4.90 Å². The third-order valence-electron chi connectivity index (χ3n) is 4.54. The molecule has 0 heterocycles. The van der Waals surface area contributed by atoms with Crippen LogP contribution in [0.1, 0.15) is 37.5 Å². The standard InChI is InChI=1S/C15H21NO2/c1-9-6-7-12-11(8-10(2)15(12,3)4)13(9)16(5)14(17)18/h6-7,10H,8H2,1-5H3,(H,17,18). The minimum Gasteiger partial charge on any atom is -0.465 e. The van der Waals surface area contributed by atoms with Crippen molar-refractivity contribution in [2.24, 2.45) is 5.92 Å². The quantitative estimate of drug-likeness (QED) is 0.824. The number of hydrogen-bond acceptors (Lipinski definition) is 1. The van der Waals surface area contributed by atoms with Crippen LogP contribution in [0.2, 0.25) is 0 Å². The highest BCUT2D eigenvalue weighted by atomic mass is 16.4. The maximum absolute atomic E-state index is 11.2. The summed E-state index contributed by atoms with van der Waals surface area (Å²) in [6, 6.07) is 4.20. The summed E-state index contributed by atoms with van der Waals surface area (Å²) >= 11 is 0. The highest BCUT2D eigenvalue weighted by Crippen LogP contribution is 2.46. The van der Waals surface area contributed by atoms with E-state index in [4.69, 9.17) is 0 Å². The van der Waals surface area contributed by atoms with Crippen LogP contribution in [0.4, 0.5) is 10.5 Å². The third kappa shape index (κ3) is 1.69. The number of amides is 1. The molecule has 1 amide bonds. The summed E-state index contributed by atoms with van der Waals surface area (Å²) in [6.45, 7) is 8.69. The highest BCUT2D eigenvalue weighted by Gasteiger charge is 2.38. The van der Waals surface area contributed by atoms with E-state index in [1.165, 1.54) is 16.0 Å². The van der Waals surface area contributed by atoms with Crippen LogP contribution in [0.3, 0.4) is 0 Å². The van der Waals surface area contributed by atoms with Crippen molar-refractivity contribution in [2.45, 2.75) is 39.5 Å². The molecule has 1 aromatic carbocycles. The Bertz CT molecular complexity index is 505. The lowest BCUT2D eigenvalue weighted by molar-refractivity contribution is 0.203. The lowest BCUT2D eigenvalue weighted by atomic mass is 9.79. The zero-order chi connectivity index (χ0) is 13.7. The van der Waals surface area contributed by atoms with Gasteiger partial charge in [-0.1, -0.05) is 32.9 Å². The first-order chi connectivity index (χ1) is 8.26. The summed E-state index contributed by atoms with van der Waals surface area (Å²) in [7, 11) is 1.63. The second-order valence-electron chi connectivity index (χ2n) is 5.93. The maximum Gasteiger partial charge on any atom is 0.411 e. The van der Waals surface area contributed by atoms with Gasteiger partial charge in [0.2, 0.25) is 0 Å². The van der Waals surface area contributed by atoms with Gasteiger partial charge in [0.25, 0.3) is 0 Å². The Kier molecular flexibility index (Phi) is 2.88. The average molecular weight is 247 g/mol. The number of benzene rings is 1. The summed E-state index contributed by atoms with van der Waals surface area (Å²) in [5, 5.41) is 9.21. The lowest BCUT2D eigenvalue weighted by Gasteiger charge is -2.26. The maximum atomic E-state index is 11.2. The molecule has 0 saturated heterocycles. The van der Waals surface area contributed by atoms with Crippen molar-refractivity contribution in [3.63, 3.8) is 0 Å². The summed E-state index contributed by atoms with van der Waals surface area (Å²) in [5.41, 5.74) is 4.53. The number of hydrogen-bond donors (Lipinski definition) is 1. The van der Waals surface area contributed by atoms with Crippen molar-refractivity contribution in [2.75, 3.05) is 11.9 Å². The molecule has 1 N–H and O–H groups in total. The van der Waals surface area contributed by atoms with Crippen LogP contribution >= 0.6 is 0 Å². The normalized spacial score (nSPS) is 20.6. The van der Waals surface area contributed by atoms with Gasteiger partial charge in [-0.2, -0.15) is 0 Å². The van der Waals surface area contributed by atoms with E-state index in [1.54, 1.807) is 7.05 Å². The number of aryl methyl sites for hydroxylation is 1. The summed E-state index contributed by atoms with van der Waals surface area (Å²) in [5.74, 6) is 0.537. The topological polar surface area (TPSA) is 40.5 Å². The van der Waals surface area contributed by atoms with E-state index >= 15 is 0 Å². The Hall–Kier alpha value is -1.51. The van der Waals surface area contributed by atoms with Gasteiger partial charge in [-0.25, -0.2) is 4.79 Å². The van der Waals surface area contributed by atoms with E-state index in [1.807, 2.05) is 13.0 Å². The number of rotatable bonds is 1. The van der Waals surface area contributed by atoms with Gasteiger partial charge < -0.3 is 5.11 Å². The van der Waals surface area contributed by atoms with Crippen molar-refractivity contribution in [1.29, 1.82) is 0 Å². The van der Waals surface area contributed by atoms with Crippen LogP contribution in [-0.4, -0.2) is 18.2 Å². The van der Waals surface area contributed by atoms with E-state index in [0.29, 0.717) is 5.92 Å². The molecule has 3 heteroatoms.